The zero-order valence-corrected chi connectivity index (χ0v) is 9.66. The third-order valence-electron chi connectivity index (χ3n) is 3.35. The summed E-state index contributed by atoms with van der Waals surface area (Å²) in [7, 11) is 0. The van der Waals surface area contributed by atoms with E-state index >= 15 is 0 Å². The highest BCUT2D eigenvalue weighted by atomic mass is 16.4. The molecule has 4 N–H and O–H groups in total. The van der Waals surface area contributed by atoms with E-state index in [1.807, 2.05) is 6.92 Å². The van der Waals surface area contributed by atoms with Crippen molar-refractivity contribution in [1.82, 2.24) is 5.32 Å². The molecule has 0 heterocycles. The van der Waals surface area contributed by atoms with E-state index in [-0.39, 0.29) is 17.7 Å². The minimum atomic E-state index is -0.797. The van der Waals surface area contributed by atoms with E-state index in [0.29, 0.717) is 13.0 Å². The number of nitrogens with one attached hydrogen (secondary N) is 1. The van der Waals surface area contributed by atoms with E-state index in [1.165, 1.54) is 0 Å². The molecule has 1 aliphatic rings. The summed E-state index contributed by atoms with van der Waals surface area (Å²) < 4.78 is 0. The molecule has 1 atom stereocenters. The number of hydrogen-bond acceptors (Lipinski definition) is 3. The van der Waals surface area contributed by atoms with Crippen LogP contribution in [0.2, 0.25) is 0 Å². The van der Waals surface area contributed by atoms with E-state index in [1.54, 1.807) is 0 Å². The number of hydrogen-bond donors (Lipinski definition) is 3. The molecule has 1 rings (SSSR count). The van der Waals surface area contributed by atoms with Gasteiger partial charge >= 0.3 is 5.97 Å². The number of nitrogens with two attached hydrogens (primary N) is 1. The molecule has 0 aromatic carbocycles. The summed E-state index contributed by atoms with van der Waals surface area (Å²) in [5, 5.41) is 11.6. The molecule has 1 aliphatic carbocycles. The van der Waals surface area contributed by atoms with E-state index < -0.39 is 12.0 Å². The SMILES string of the molecule is CC[C@@H](N)C(=O)NCC1(CC(=O)O)CCC1. The van der Waals surface area contributed by atoms with Crippen LogP contribution in [0.15, 0.2) is 0 Å². The van der Waals surface area contributed by atoms with Crippen LogP contribution in [0.5, 0.6) is 0 Å². The Morgan fingerprint density at radius 3 is 2.50 bits per heavy atom. The number of amides is 1. The predicted octanol–water partition coefficient (Wildman–Crippen LogP) is 0.485. The van der Waals surface area contributed by atoms with Gasteiger partial charge in [0.25, 0.3) is 0 Å². The molecule has 0 spiro atoms. The predicted molar refractivity (Wildman–Crippen MR) is 59.8 cm³/mol. The van der Waals surface area contributed by atoms with Crippen LogP contribution in [0, 0.1) is 5.41 Å². The maximum absolute atomic E-state index is 11.5. The largest absolute Gasteiger partial charge is 0.481 e. The van der Waals surface area contributed by atoms with Gasteiger partial charge in [-0.05, 0) is 24.7 Å². The molecule has 0 aliphatic heterocycles. The second-order valence-electron chi connectivity index (χ2n) is 4.66. The lowest BCUT2D eigenvalue weighted by atomic mass is 9.66. The van der Waals surface area contributed by atoms with Crippen LogP contribution in [0.1, 0.15) is 39.0 Å². The van der Waals surface area contributed by atoms with Crippen molar-refractivity contribution in [1.29, 1.82) is 0 Å². The Hall–Kier alpha value is -1.10. The molecule has 1 saturated carbocycles. The summed E-state index contributed by atoms with van der Waals surface area (Å²) in [5.41, 5.74) is 5.35. The molecule has 92 valence electrons. The van der Waals surface area contributed by atoms with Crippen LogP contribution < -0.4 is 11.1 Å². The number of aliphatic carboxylic acids is 1. The van der Waals surface area contributed by atoms with E-state index in [2.05, 4.69) is 5.32 Å². The highest BCUT2D eigenvalue weighted by molar-refractivity contribution is 5.81. The summed E-state index contributed by atoms with van der Waals surface area (Å²) in [6.07, 6.45) is 3.53. The maximum Gasteiger partial charge on any atom is 0.303 e. The quantitative estimate of drug-likeness (QED) is 0.616. The molecule has 5 heteroatoms. The first-order chi connectivity index (χ1) is 7.49. The minimum absolute atomic E-state index is 0.134. The average molecular weight is 228 g/mol. The Morgan fingerprint density at radius 1 is 1.50 bits per heavy atom. The van der Waals surface area contributed by atoms with Gasteiger partial charge in [0.05, 0.1) is 12.5 Å². The van der Waals surface area contributed by atoms with Crippen molar-refractivity contribution in [3.05, 3.63) is 0 Å². The Kier molecular flexibility index (Phi) is 4.29. The van der Waals surface area contributed by atoms with Gasteiger partial charge in [0.15, 0.2) is 0 Å². The van der Waals surface area contributed by atoms with Crippen molar-refractivity contribution in [2.45, 2.75) is 45.1 Å². The number of carboxylic acids is 1. The van der Waals surface area contributed by atoms with Crippen molar-refractivity contribution in [2.24, 2.45) is 11.1 Å². The zero-order valence-electron chi connectivity index (χ0n) is 9.66. The maximum atomic E-state index is 11.5. The fraction of sp³-hybridized carbons (Fsp3) is 0.818. The lowest BCUT2D eigenvalue weighted by Crippen LogP contribution is -2.48. The summed E-state index contributed by atoms with van der Waals surface area (Å²) in [6.45, 7) is 2.28. The van der Waals surface area contributed by atoms with Crippen LogP contribution in [-0.2, 0) is 9.59 Å². The molecule has 0 aromatic heterocycles. The Morgan fingerprint density at radius 2 is 2.12 bits per heavy atom. The first kappa shape index (κ1) is 13.0. The first-order valence-electron chi connectivity index (χ1n) is 5.74. The van der Waals surface area contributed by atoms with E-state index in [0.717, 1.165) is 19.3 Å². The highest BCUT2D eigenvalue weighted by Crippen LogP contribution is 2.43. The number of rotatable bonds is 6. The molecular formula is C11H20N2O3. The third-order valence-corrected chi connectivity index (χ3v) is 3.35. The van der Waals surface area contributed by atoms with Gasteiger partial charge in [-0.2, -0.15) is 0 Å². The minimum Gasteiger partial charge on any atom is -0.481 e. The van der Waals surface area contributed by atoms with Gasteiger partial charge in [-0.1, -0.05) is 13.3 Å². The van der Waals surface area contributed by atoms with Gasteiger partial charge in [0.1, 0.15) is 0 Å². The number of carbonyl (C=O) groups is 2. The van der Waals surface area contributed by atoms with Gasteiger partial charge < -0.3 is 16.2 Å². The average Bonchev–Trinajstić information content (AvgIpc) is 2.19. The number of carboxylic acid groups (broad SMARTS) is 1. The molecule has 0 bridgehead atoms. The molecule has 1 fully saturated rings. The molecular weight excluding hydrogens is 208 g/mol. The van der Waals surface area contributed by atoms with Crippen LogP contribution in [-0.4, -0.2) is 29.6 Å². The lowest BCUT2D eigenvalue weighted by Gasteiger charge is -2.41. The fourth-order valence-corrected chi connectivity index (χ4v) is 2.00. The first-order valence-corrected chi connectivity index (χ1v) is 5.74. The molecule has 5 nitrogen and oxygen atoms in total. The summed E-state index contributed by atoms with van der Waals surface area (Å²) in [6, 6.07) is -0.484. The van der Waals surface area contributed by atoms with Crippen molar-refractivity contribution < 1.29 is 14.7 Å². The van der Waals surface area contributed by atoms with Gasteiger partial charge in [0.2, 0.25) is 5.91 Å². The fourth-order valence-electron chi connectivity index (χ4n) is 2.00. The van der Waals surface area contributed by atoms with Crippen LogP contribution in [0.3, 0.4) is 0 Å². The van der Waals surface area contributed by atoms with Crippen molar-refractivity contribution in [3.8, 4) is 0 Å². The van der Waals surface area contributed by atoms with Crippen LogP contribution in [0.4, 0.5) is 0 Å². The Labute approximate surface area is 95.4 Å². The van der Waals surface area contributed by atoms with Crippen molar-refractivity contribution in [2.75, 3.05) is 6.54 Å². The third kappa shape index (κ3) is 3.20. The molecule has 0 aromatic rings. The van der Waals surface area contributed by atoms with Crippen LogP contribution >= 0.6 is 0 Å². The second kappa shape index (κ2) is 5.30. The van der Waals surface area contributed by atoms with Gasteiger partial charge in [-0.15, -0.1) is 0 Å². The highest BCUT2D eigenvalue weighted by Gasteiger charge is 2.39. The summed E-state index contributed by atoms with van der Waals surface area (Å²) in [4.78, 5) is 22.2. The van der Waals surface area contributed by atoms with Crippen molar-refractivity contribution >= 4 is 11.9 Å². The summed E-state index contributed by atoms with van der Waals surface area (Å²) >= 11 is 0. The van der Waals surface area contributed by atoms with E-state index in [9.17, 15) is 9.59 Å². The molecule has 16 heavy (non-hydrogen) atoms. The molecule has 0 radical (unpaired) electrons. The molecule has 0 unspecified atom stereocenters. The normalized spacial score (nSPS) is 19.6. The molecule has 1 amide bonds. The van der Waals surface area contributed by atoms with E-state index in [4.69, 9.17) is 10.8 Å². The monoisotopic (exact) mass is 228 g/mol. The van der Waals surface area contributed by atoms with Crippen LogP contribution in [0.25, 0.3) is 0 Å². The Balaban J connectivity index is 2.40. The second-order valence-corrected chi connectivity index (χ2v) is 4.66. The topological polar surface area (TPSA) is 92.4 Å². The van der Waals surface area contributed by atoms with Gasteiger partial charge in [0, 0.05) is 6.54 Å². The van der Waals surface area contributed by atoms with Gasteiger partial charge in [-0.3, -0.25) is 9.59 Å². The lowest BCUT2D eigenvalue weighted by molar-refractivity contribution is -0.142. The van der Waals surface area contributed by atoms with Gasteiger partial charge in [-0.25, -0.2) is 0 Å². The standard InChI is InChI=1S/C11H20N2O3/c1-2-8(12)10(16)13-7-11(4-3-5-11)6-9(14)15/h8H,2-7,12H2,1H3,(H,13,16)(H,14,15)/t8-/m1/s1. The Bertz CT molecular complexity index is 274. The smallest absolute Gasteiger partial charge is 0.303 e. The van der Waals surface area contributed by atoms with Crippen molar-refractivity contribution in [3.63, 3.8) is 0 Å². The molecule has 0 saturated heterocycles. The number of carbonyl (C=O) groups excluding carboxylic acids is 1. The zero-order chi connectivity index (χ0) is 12.2. The summed E-state index contributed by atoms with van der Waals surface area (Å²) in [5.74, 6) is -0.979.